The smallest absolute Gasteiger partial charge is 0.273 e. The maximum Gasteiger partial charge on any atom is 0.273 e. The van der Waals surface area contributed by atoms with E-state index in [1.165, 1.54) is 22.8 Å². The van der Waals surface area contributed by atoms with E-state index in [0.717, 1.165) is 6.42 Å². The van der Waals surface area contributed by atoms with Crippen LogP contribution in [0.2, 0.25) is 0 Å². The molecular weight excluding hydrogens is 387 g/mol. The molecule has 0 aliphatic carbocycles. The minimum atomic E-state index is -0.559. The zero-order valence-electron chi connectivity index (χ0n) is 16.7. The van der Waals surface area contributed by atoms with Crippen molar-refractivity contribution < 1.29 is 14.0 Å². The highest BCUT2D eigenvalue weighted by Crippen LogP contribution is 2.14. The number of nitrogens with one attached hydrogen (secondary N) is 2. The molecule has 0 unspecified atom stereocenters. The van der Waals surface area contributed by atoms with Gasteiger partial charge in [0.05, 0.1) is 16.7 Å². The summed E-state index contributed by atoms with van der Waals surface area (Å²) in [6.45, 7) is 2.23. The summed E-state index contributed by atoms with van der Waals surface area (Å²) in [5, 5.41) is 5.25. The van der Waals surface area contributed by atoms with E-state index in [9.17, 15) is 18.8 Å². The van der Waals surface area contributed by atoms with Crippen LogP contribution in [0.4, 0.5) is 10.1 Å². The second-order valence-corrected chi connectivity index (χ2v) is 6.82. The molecule has 0 saturated heterocycles. The molecular formula is C22H23FN4O3. The number of anilines is 1. The maximum atomic E-state index is 13.8. The van der Waals surface area contributed by atoms with E-state index >= 15 is 0 Å². The van der Waals surface area contributed by atoms with Crippen molar-refractivity contribution in [2.24, 2.45) is 0 Å². The molecule has 1 aromatic heterocycles. The molecule has 3 rings (SSSR count). The van der Waals surface area contributed by atoms with Crippen molar-refractivity contribution in [2.45, 2.75) is 32.7 Å². The van der Waals surface area contributed by atoms with Gasteiger partial charge in [-0.05, 0) is 30.7 Å². The van der Waals surface area contributed by atoms with E-state index in [1.807, 2.05) is 6.92 Å². The number of halogens is 1. The SMILES string of the molecule is CCCNC(=O)CCc1nc2ccccc2n(CC(=O)Nc2ccccc2F)c1=O. The van der Waals surface area contributed by atoms with Gasteiger partial charge in [-0.3, -0.25) is 19.0 Å². The molecule has 8 heteroatoms. The molecule has 0 bridgehead atoms. The molecule has 0 fully saturated rings. The highest BCUT2D eigenvalue weighted by molar-refractivity contribution is 5.91. The van der Waals surface area contributed by atoms with E-state index in [-0.39, 0.29) is 36.7 Å². The minimum Gasteiger partial charge on any atom is -0.356 e. The normalized spacial score (nSPS) is 10.7. The number of hydrogen-bond donors (Lipinski definition) is 2. The van der Waals surface area contributed by atoms with Crippen molar-refractivity contribution in [2.75, 3.05) is 11.9 Å². The molecule has 3 aromatic rings. The van der Waals surface area contributed by atoms with E-state index in [1.54, 1.807) is 30.3 Å². The van der Waals surface area contributed by atoms with Crippen LogP contribution in [0.1, 0.15) is 25.5 Å². The van der Waals surface area contributed by atoms with Gasteiger partial charge in [-0.2, -0.15) is 0 Å². The molecule has 0 saturated carbocycles. The number of carbonyl (C=O) groups is 2. The van der Waals surface area contributed by atoms with Crippen molar-refractivity contribution in [3.8, 4) is 0 Å². The van der Waals surface area contributed by atoms with Crippen LogP contribution in [0, 0.1) is 5.82 Å². The molecule has 30 heavy (non-hydrogen) atoms. The molecule has 0 aliphatic rings. The zero-order valence-corrected chi connectivity index (χ0v) is 16.7. The van der Waals surface area contributed by atoms with Crippen molar-refractivity contribution in [1.29, 1.82) is 0 Å². The Balaban J connectivity index is 1.86. The van der Waals surface area contributed by atoms with Crippen LogP contribution >= 0.6 is 0 Å². The fraction of sp³-hybridized carbons (Fsp3) is 0.273. The number of aryl methyl sites for hydroxylation is 1. The Labute approximate surface area is 172 Å². The molecule has 156 valence electrons. The summed E-state index contributed by atoms with van der Waals surface area (Å²) in [6.07, 6.45) is 1.11. The summed E-state index contributed by atoms with van der Waals surface area (Å²) in [4.78, 5) is 41.8. The number of nitrogens with zero attached hydrogens (tertiary/aromatic N) is 2. The second-order valence-electron chi connectivity index (χ2n) is 6.82. The van der Waals surface area contributed by atoms with Crippen LogP contribution in [0.5, 0.6) is 0 Å². The fourth-order valence-electron chi connectivity index (χ4n) is 3.05. The Morgan fingerprint density at radius 3 is 2.57 bits per heavy atom. The van der Waals surface area contributed by atoms with Crippen LogP contribution in [0.15, 0.2) is 53.3 Å². The Bertz CT molecular complexity index is 1130. The van der Waals surface area contributed by atoms with Crippen LogP contribution in [0.25, 0.3) is 11.0 Å². The Kier molecular flexibility index (Phi) is 6.90. The number of benzene rings is 2. The molecule has 1 heterocycles. The number of para-hydroxylation sites is 3. The first-order chi connectivity index (χ1) is 14.5. The number of rotatable bonds is 8. The van der Waals surface area contributed by atoms with Crippen molar-refractivity contribution >= 4 is 28.5 Å². The standard InChI is InChI=1S/C22H23FN4O3/c1-2-13-24-20(28)12-11-18-22(30)27(19-10-6-5-9-17(19)25-18)14-21(29)26-16-8-4-3-7-15(16)23/h3-10H,2,11-14H2,1H3,(H,24,28)(H,26,29). The van der Waals surface area contributed by atoms with Gasteiger partial charge < -0.3 is 10.6 Å². The van der Waals surface area contributed by atoms with Crippen molar-refractivity contribution in [3.63, 3.8) is 0 Å². The third kappa shape index (κ3) is 5.08. The molecule has 2 aromatic carbocycles. The average Bonchev–Trinajstić information content (AvgIpc) is 2.74. The molecule has 0 radical (unpaired) electrons. The maximum absolute atomic E-state index is 13.8. The van der Waals surface area contributed by atoms with Crippen LogP contribution in [-0.4, -0.2) is 27.9 Å². The van der Waals surface area contributed by atoms with Gasteiger partial charge >= 0.3 is 0 Å². The average molecular weight is 410 g/mol. The van der Waals surface area contributed by atoms with E-state index in [2.05, 4.69) is 15.6 Å². The lowest BCUT2D eigenvalue weighted by Crippen LogP contribution is -2.32. The lowest BCUT2D eigenvalue weighted by atomic mass is 10.2. The van der Waals surface area contributed by atoms with Crippen molar-refractivity contribution in [1.82, 2.24) is 14.9 Å². The van der Waals surface area contributed by atoms with Gasteiger partial charge in [-0.15, -0.1) is 0 Å². The highest BCUT2D eigenvalue weighted by atomic mass is 19.1. The zero-order chi connectivity index (χ0) is 21.5. The monoisotopic (exact) mass is 410 g/mol. The van der Waals surface area contributed by atoms with Crippen LogP contribution < -0.4 is 16.2 Å². The van der Waals surface area contributed by atoms with Crippen LogP contribution in [-0.2, 0) is 22.6 Å². The third-order valence-electron chi connectivity index (χ3n) is 4.53. The molecule has 7 nitrogen and oxygen atoms in total. The van der Waals surface area contributed by atoms with Crippen molar-refractivity contribution in [3.05, 3.63) is 70.4 Å². The Morgan fingerprint density at radius 1 is 1.07 bits per heavy atom. The minimum absolute atomic E-state index is 0.0433. The van der Waals surface area contributed by atoms with E-state index < -0.39 is 17.3 Å². The quantitative estimate of drug-likeness (QED) is 0.597. The highest BCUT2D eigenvalue weighted by Gasteiger charge is 2.15. The first-order valence-electron chi connectivity index (χ1n) is 9.79. The summed E-state index contributed by atoms with van der Waals surface area (Å²) in [5.74, 6) is -1.25. The number of carbonyl (C=O) groups excluding carboxylic acids is 2. The van der Waals surface area contributed by atoms with Gasteiger partial charge in [-0.1, -0.05) is 31.2 Å². The van der Waals surface area contributed by atoms with Gasteiger partial charge in [0.2, 0.25) is 11.8 Å². The lowest BCUT2D eigenvalue weighted by Gasteiger charge is -2.13. The molecule has 0 aliphatic heterocycles. The molecule has 2 N–H and O–H groups in total. The molecule has 2 amide bonds. The summed E-state index contributed by atoms with van der Waals surface area (Å²) in [5.41, 5.74) is 0.839. The van der Waals surface area contributed by atoms with E-state index in [4.69, 9.17) is 0 Å². The number of fused-ring (bicyclic) bond motifs is 1. The Hall–Kier alpha value is -3.55. The van der Waals surface area contributed by atoms with Gasteiger partial charge in [-0.25, -0.2) is 9.37 Å². The largest absolute Gasteiger partial charge is 0.356 e. The first kappa shape index (κ1) is 21.2. The van der Waals surface area contributed by atoms with Gasteiger partial charge in [0.1, 0.15) is 18.1 Å². The summed E-state index contributed by atoms with van der Waals surface area (Å²) in [7, 11) is 0. The molecule has 0 spiro atoms. The fourth-order valence-corrected chi connectivity index (χ4v) is 3.05. The summed E-state index contributed by atoms with van der Waals surface area (Å²) >= 11 is 0. The van der Waals surface area contributed by atoms with Gasteiger partial charge in [0, 0.05) is 19.4 Å². The van der Waals surface area contributed by atoms with Gasteiger partial charge in [0.15, 0.2) is 0 Å². The topological polar surface area (TPSA) is 93.1 Å². The first-order valence-corrected chi connectivity index (χ1v) is 9.79. The predicted octanol–water partition coefficient (Wildman–Crippen LogP) is 2.63. The lowest BCUT2D eigenvalue weighted by molar-refractivity contribution is -0.121. The van der Waals surface area contributed by atoms with E-state index in [0.29, 0.717) is 17.6 Å². The Morgan fingerprint density at radius 2 is 1.80 bits per heavy atom. The second kappa shape index (κ2) is 9.78. The predicted molar refractivity (Wildman–Crippen MR) is 113 cm³/mol. The summed E-state index contributed by atoms with van der Waals surface area (Å²) in [6, 6.07) is 12.8. The number of amides is 2. The number of hydrogen-bond acceptors (Lipinski definition) is 4. The number of aromatic nitrogens is 2. The molecule has 0 atom stereocenters. The third-order valence-corrected chi connectivity index (χ3v) is 4.53. The summed E-state index contributed by atoms with van der Waals surface area (Å²) < 4.78 is 15.1. The van der Waals surface area contributed by atoms with Gasteiger partial charge in [0.25, 0.3) is 5.56 Å². The van der Waals surface area contributed by atoms with Crippen LogP contribution in [0.3, 0.4) is 0 Å².